The summed E-state index contributed by atoms with van der Waals surface area (Å²) in [5.41, 5.74) is 3.85. The van der Waals surface area contributed by atoms with Crippen LogP contribution >= 0.6 is 0 Å². The fourth-order valence-corrected chi connectivity index (χ4v) is 4.43. The van der Waals surface area contributed by atoms with E-state index in [4.69, 9.17) is 4.99 Å². The first-order chi connectivity index (χ1) is 16.2. The number of aromatic nitrogens is 1. The lowest BCUT2D eigenvalue weighted by molar-refractivity contribution is 0.312. The Kier molecular flexibility index (Phi) is 8.55. The van der Waals surface area contributed by atoms with Crippen LogP contribution in [-0.4, -0.2) is 73.6 Å². The molecule has 0 amide bonds. The van der Waals surface area contributed by atoms with Crippen LogP contribution in [0.4, 0.5) is 5.82 Å². The van der Waals surface area contributed by atoms with Gasteiger partial charge in [0.05, 0.1) is 6.54 Å². The molecule has 3 heterocycles. The van der Waals surface area contributed by atoms with Crippen molar-refractivity contribution in [3.05, 3.63) is 59.3 Å². The summed E-state index contributed by atoms with van der Waals surface area (Å²) in [6, 6.07) is 13.2. The molecule has 2 fully saturated rings. The zero-order valence-electron chi connectivity index (χ0n) is 20.3. The molecule has 0 radical (unpaired) electrons. The van der Waals surface area contributed by atoms with Crippen LogP contribution in [-0.2, 0) is 19.6 Å². The maximum atomic E-state index is 4.82. The monoisotopic (exact) mass is 449 g/mol. The second-order valence-electron chi connectivity index (χ2n) is 9.16. The van der Waals surface area contributed by atoms with Crippen molar-refractivity contribution in [1.82, 2.24) is 25.4 Å². The van der Waals surface area contributed by atoms with Gasteiger partial charge in [-0.3, -0.25) is 4.90 Å². The summed E-state index contributed by atoms with van der Waals surface area (Å²) in [6.45, 7) is 12.1. The van der Waals surface area contributed by atoms with E-state index in [2.05, 4.69) is 80.7 Å². The number of aliphatic imine (C=N–C) groups is 1. The highest BCUT2D eigenvalue weighted by molar-refractivity contribution is 5.79. The van der Waals surface area contributed by atoms with E-state index in [1.165, 1.54) is 42.6 Å². The lowest BCUT2D eigenvalue weighted by atomic mass is 10.1. The van der Waals surface area contributed by atoms with Crippen LogP contribution in [0.15, 0.2) is 47.6 Å². The first kappa shape index (κ1) is 23.5. The molecule has 0 unspecified atom stereocenters. The number of piperazine rings is 1. The molecule has 0 saturated carbocycles. The molecule has 2 aromatic rings. The summed E-state index contributed by atoms with van der Waals surface area (Å²) in [5, 5.41) is 6.85. The molecule has 2 aliphatic heterocycles. The molecule has 33 heavy (non-hydrogen) atoms. The van der Waals surface area contributed by atoms with Crippen molar-refractivity contribution in [1.29, 1.82) is 0 Å². The minimum atomic E-state index is 0.632. The Bertz CT molecular complexity index is 882. The van der Waals surface area contributed by atoms with Gasteiger partial charge in [-0.1, -0.05) is 24.3 Å². The molecule has 1 aromatic heterocycles. The number of guanidine groups is 1. The molecule has 0 atom stereocenters. The third-order valence-corrected chi connectivity index (χ3v) is 6.49. The Balaban J connectivity index is 1.30. The molecule has 1 aromatic carbocycles. The van der Waals surface area contributed by atoms with Gasteiger partial charge in [-0.2, -0.15) is 0 Å². The summed E-state index contributed by atoms with van der Waals surface area (Å²) in [7, 11) is 2.17. The third kappa shape index (κ3) is 7.17. The van der Waals surface area contributed by atoms with Gasteiger partial charge in [-0.25, -0.2) is 9.98 Å². The Labute approximate surface area is 198 Å². The number of hydrogen-bond acceptors (Lipinski definition) is 5. The maximum absolute atomic E-state index is 4.82. The summed E-state index contributed by atoms with van der Waals surface area (Å²) < 4.78 is 0. The van der Waals surface area contributed by atoms with Gasteiger partial charge in [0.1, 0.15) is 5.82 Å². The number of likely N-dealkylation sites (tertiary alicyclic amines) is 1. The molecule has 4 rings (SSSR count). The number of nitrogens with zero attached hydrogens (tertiary/aromatic N) is 5. The van der Waals surface area contributed by atoms with Crippen LogP contribution < -0.4 is 15.5 Å². The molecule has 2 saturated heterocycles. The van der Waals surface area contributed by atoms with E-state index < -0.39 is 0 Å². The van der Waals surface area contributed by atoms with Gasteiger partial charge in [0.15, 0.2) is 5.96 Å². The van der Waals surface area contributed by atoms with E-state index in [-0.39, 0.29) is 0 Å². The predicted molar refractivity (Wildman–Crippen MR) is 137 cm³/mol. The molecule has 7 heteroatoms. The minimum absolute atomic E-state index is 0.632. The van der Waals surface area contributed by atoms with Crippen LogP contribution in [0, 0.1) is 0 Å². The van der Waals surface area contributed by atoms with Crippen molar-refractivity contribution < 1.29 is 0 Å². The second kappa shape index (κ2) is 12.0. The molecular weight excluding hydrogens is 410 g/mol. The molecule has 7 nitrogen and oxygen atoms in total. The maximum Gasteiger partial charge on any atom is 0.191 e. The SMILES string of the molecule is CCNC(=NCc1ccnc(N2CCN(C)CC2)c1)NCc1ccc(CN2CCCC2)cc1. The number of hydrogen-bond donors (Lipinski definition) is 2. The van der Waals surface area contributed by atoms with Gasteiger partial charge in [0.2, 0.25) is 0 Å². The van der Waals surface area contributed by atoms with Crippen molar-refractivity contribution in [3.8, 4) is 0 Å². The molecule has 178 valence electrons. The predicted octanol–water partition coefficient (Wildman–Crippen LogP) is 2.68. The normalized spacial score (nSPS) is 18.0. The highest BCUT2D eigenvalue weighted by Gasteiger charge is 2.15. The Morgan fingerprint density at radius 1 is 0.909 bits per heavy atom. The standard InChI is InChI=1S/C26H39N7/c1-3-27-26(29-19-22-6-8-23(9-7-22)21-32-12-4-5-13-32)30-20-24-10-11-28-25(18-24)33-16-14-31(2)15-17-33/h6-11,18H,3-5,12-17,19-21H2,1-2H3,(H2,27,29,30). The van der Waals surface area contributed by atoms with Gasteiger partial charge in [-0.05, 0) is 68.7 Å². The van der Waals surface area contributed by atoms with E-state index in [1.54, 1.807) is 0 Å². The molecular formula is C26H39N7. The van der Waals surface area contributed by atoms with Crippen molar-refractivity contribution >= 4 is 11.8 Å². The number of rotatable bonds is 8. The van der Waals surface area contributed by atoms with Crippen molar-refractivity contribution in [3.63, 3.8) is 0 Å². The first-order valence-electron chi connectivity index (χ1n) is 12.4. The Morgan fingerprint density at radius 3 is 2.36 bits per heavy atom. The molecule has 0 aliphatic carbocycles. The lowest BCUT2D eigenvalue weighted by Crippen LogP contribution is -2.44. The van der Waals surface area contributed by atoms with E-state index in [0.29, 0.717) is 6.54 Å². The molecule has 0 spiro atoms. The summed E-state index contributed by atoms with van der Waals surface area (Å²) in [4.78, 5) is 16.7. The average molecular weight is 450 g/mol. The lowest BCUT2D eigenvalue weighted by Gasteiger charge is -2.33. The zero-order chi connectivity index (χ0) is 22.9. The Hall–Kier alpha value is -2.64. The van der Waals surface area contributed by atoms with Crippen molar-refractivity contribution in [2.24, 2.45) is 4.99 Å². The summed E-state index contributed by atoms with van der Waals surface area (Å²) in [5.74, 6) is 1.90. The van der Waals surface area contributed by atoms with Gasteiger partial charge in [0, 0.05) is 52.0 Å². The van der Waals surface area contributed by atoms with Gasteiger partial charge < -0.3 is 20.4 Å². The molecule has 0 bridgehead atoms. The zero-order valence-corrected chi connectivity index (χ0v) is 20.3. The average Bonchev–Trinajstić information content (AvgIpc) is 3.35. The van der Waals surface area contributed by atoms with Crippen molar-refractivity contribution in [2.75, 3.05) is 57.8 Å². The second-order valence-corrected chi connectivity index (χ2v) is 9.16. The number of anilines is 1. The van der Waals surface area contributed by atoms with Crippen LogP contribution in [0.5, 0.6) is 0 Å². The number of nitrogens with one attached hydrogen (secondary N) is 2. The molecule has 2 aliphatic rings. The highest BCUT2D eigenvalue weighted by Crippen LogP contribution is 2.16. The third-order valence-electron chi connectivity index (χ3n) is 6.49. The largest absolute Gasteiger partial charge is 0.357 e. The smallest absolute Gasteiger partial charge is 0.191 e. The van der Waals surface area contributed by atoms with Crippen LogP contribution in [0.3, 0.4) is 0 Å². The summed E-state index contributed by atoms with van der Waals surface area (Å²) in [6.07, 6.45) is 4.58. The van der Waals surface area contributed by atoms with E-state index in [9.17, 15) is 0 Å². The van der Waals surface area contributed by atoms with Crippen LogP contribution in [0.1, 0.15) is 36.5 Å². The van der Waals surface area contributed by atoms with E-state index >= 15 is 0 Å². The van der Waals surface area contributed by atoms with Crippen LogP contribution in [0.25, 0.3) is 0 Å². The Morgan fingerprint density at radius 2 is 1.64 bits per heavy atom. The summed E-state index contributed by atoms with van der Waals surface area (Å²) >= 11 is 0. The minimum Gasteiger partial charge on any atom is -0.357 e. The fourth-order valence-electron chi connectivity index (χ4n) is 4.43. The van der Waals surface area contributed by atoms with Gasteiger partial charge in [0.25, 0.3) is 0 Å². The quantitative estimate of drug-likeness (QED) is 0.477. The van der Waals surface area contributed by atoms with E-state index in [1.807, 2.05) is 6.20 Å². The van der Waals surface area contributed by atoms with Crippen LogP contribution in [0.2, 0.25) is 0 Å². The van der Waals surface area contributed by atoms with Gasteiger partial charge in [-0.15, -0.1) is 0 Å². The highest BCUT2D eigenvalue weighted by atomic mass is 15.3. The number of likely N-dealkylation sites (N-methyl/N-ethyl adjacent to an activating group) is 1. The topological polar surface area (TPSA) is 59.0 Å². The van der Waals surface area contributed by atoms with E-state index in [0.717, 1.165) is 57.6 Å². The van der Waals surface area contributed by atoms with Gasteiger partial charge >= 0.3 is 0 Å². The van der Waals surface area contributed by atoms with Crippen molar-refractivity contribution in [2.45, 2.75) is 39.4 Å². The number of benzene rings is 1. The molecule has 2 N–H and O–H groups in total. The number of pyridine rings is 1. The fraction of sp³-hybridized carbons (Fsp3) is 0.538. The first-order valence-corrected chi connectivity index (χ1v) is 12.4.